The van der Waals surface area contributed by atoms with E-state index in [-0.39, 0.29) is 23.0 Å². The first-order chi connectivity index (χ1) is 5.73. The minimum absolute atomic E-state index is 0.0169. The Morgan fingerprint density at radius 3 is 2.00 bits per heavy atom. The molecule has 4 heteroatoms. The largest absolute Gasteiger partial charge is 0.315 e. The van der Waals surface area contributed by atoms with E-state index in [0.717, 1.165) is 0 Å². The molecular formula is C9H21NO2S. The molecule has 0 aliphatic carbocycles. The third-order valence-corrected chi connectivity index (χ3v) is 3.98. The standard InChI is InChI=1S/C9H21NO2S/c1-6-13(11,12)7-8(10-5)9(2,3)4/h8,10H,6-7H2,1-5H3. The van der Waals surface area contributed by atoms with Gasteiger partial charge in [-0.15, -0.1) is 0 Å². The maximum Gasteiger partial charge on any atom is 0.151 e. The van der Waals surface area contributed by atoms with Crippen molar-refractivity contribution in [1.82, 2.24) is 5.32 Å². The van der Waals surface area contributed by atoms with Crippen LogP contribution in [0.2, 0.25) is 0 Å². The van der Waals surface area contributed by atoms with Crippen LogP contribution in [0.4, 0.5) is 0 Å². The van der Waals surface area contributed by atoms with Gasteiger partial charge in [0, 0.05) is 11.8 Å². The van der Waals surface area contributed by atoms with Crippen LogP contribution >= 0.6 is 0 Å². The van der Waals surface area contributed by atoms with Crippen LogP contribution in [0.5, 0.6) is 0 Å². The van der Waals surface area contributed by atoms with Crippen LogP contribution in [-0.4, -0.2) is 33.0 Å². The molecule has 3 nitrogen and oxygen atoms in total. The van der Waals surface area contributed by atoms with Crippen LogP contribution in [-0.2, 0) is 9.84 Å². The first-order valence-electron chi connectivity index (χ1n) is 4.60. The van der Waals surface area contributed by atoms with Crippen molar-refractivity contribution < 1.29 is 8.42 Å². The number of sulfone groups is 1. The molecule has 0 aromatic carbocycles. The highest BCUT2D eigenvalue weighted by Crippen LogP contribution is 2.20. The number of rotatable bonds is 4. The molecule has 1 N–H and O–H groups in total. The van der Waals surface area contributed by atoms with Gasteiger partial charge in [0.2, 0.25) is 0 Å². The summed E-state index contributed by atoms with van der Waals surface area (Å²) in [4.78, 5) is 0. The predicted molar refractivity (Wildman–Crippen MR) is 56.6 cm³/mol. The summed E-state index contributed by atoms with van der Waals surface area (Å²) >= 11 is 0. The first-order valence-corrected chi connectivity index (χ1v) is 6.42. The van der Waals surface area contributed by atoms with Gasteiger partial charge in [-0.1, -0.05) is 27.7 Å². The molecule has 0 saturated heterocycles. The fraction of sp³-hybridized carbons (Fsp3) is 1.00. The fourth-order valence-electron chi connectivity index (χ4n) is 1.14. The Hall–Kier alpha value is -0.0900. The molecule has 0 amide bonds. The molecule has 0 saturated carbocycles. The van der Waals surface area contributed by atoms with Gasteiger partial charge in [0.15, 0.2) is 9.84 Å². The van der Waals surface area contributed by atoms with E-state index in [4.69, 9.17) is 0 Å². The summed E-state index contributed by atoms with van der Waals surface area (Å²) in [6.45, 7) is 7.81. The highest BCUT2D eigenvalue weighted by Gasteiger charge is 2.27. The summed E-state index contributed by atoms with van der Waals surface area (Å²) in [5.41, 5.74) is -0.0169. The van der Waals surface area contributed by atoms with Crippen LogP contribution in [0, 0.1) is 5.41 Å². The molecule has 0 aromatic heterocycles. The van der Waals surface area contributed by atoms with Crippen LogP contribution in [0.15, 0.2) is 0 Å². The zero-order valence-corrected chi connectivity index (χ0v) is 10.0. The van der Waals surface area contributed by atoms with E-state index in [1.807, 2.05) is 20.8 Å². The van der Waals surface area contributed by atoms with E-state index >= 15 is 0 Å². The quantitative estimate of drug-likeness (QED) is 0.749. The Labute approximate surface area is 81.8 Å². The lowest BCUT2D eigenvalue weighted by Crippen LogP contribution is -2.43. The van der Waals surface area contributed by atoms with Gasteiger partial charge in [-0.05, 0) is 12.5 Å². The van der Waals surface area contributed by atoms with Crippen molar-refractivity contribution in [3.05, 3.63) is 0 Å². The predicted octanol–water partition coefficient (Wildman–Crippen LogP) is 1.06. The monoisotopic (exact) mass is 207 g/mol. The van der Waals surface area contributed by atoms with E-state index in [1.54, 1.807) is 14.0 Å². The second kappa shape index (κ2) is 4.42. The summed E-state index contributed by atoms with van der Waals surface area (Å²) < 4.78 is 22.8. The average molecular weight is 207 g/mol. The minimum atomic E-state index is -2.88. The third kappa shape index (κ3) is 4.62. The minimum Gasteiger partial charge on any atom is -0.315 e. The summed E-state index contributed by atoms with van der Waals surface area (Å²) in [6, 6.07) is 0.0254. The molecule has 0 heterocycles. The maximum atomic E-state index is 11.4. The zero-order valence-electron chi connectivity index (χ0n) is 9.22. The number of hydrogen-bond acceptors (Lipinski definition) is 3. The van der Waals surface area contributed by atoms with E-state index in [2.05, 4.69) is 5.32 Å². The summed E-state index contributed by atoms with van der Waals surface area (Å²) in [6.07, 6.45) is 0. The van der Waals surface area contributed by atoms with Gasteiger partial charge in [-0.25, -0.2) is 8.42 Å². The summed E-state index contributed by atoms with van der Waals surface area (Å²) in [7, 11) is -1.07. The van der Waals surface area contributed by atoms with Crippen molar-refractivity contribution in [3.8, 4) is 0 Å². The van der Waals surface area contributed by atoms with E-state index in [0.29, 0.717) is 0 Å². The van der Waals surface area contributed by atoms with E-state index in [1.165, 1.54) is 0 Å². The summed E-state index contributed by atoms with van der Waals surface area (Å²) in [5, 5.41) is 3.05. The smallest absolute Gasteiger partial charge is 0.151 e. The normalized spacial score (nSPS) is 15.8. The number of nitrogens with one attached hydrogen (secondary N) is 1. The molecule has 0 radical (unpaired) electrons. The Morgan fingerprint density at radius 1 is 1.31 bits per heavy atom. The highest BCUT2D eigenvalue weighted by molar-refractivity contribution is 7.91. The van der Waals surface area contributed by atoms with Crippen LogP contribution in [0.3, 0.4) is 0 Å². The van der Waals surface area contributed by atoms with Crippen LogP contribution in [0.25, 0.3) is 0 Å². The van der Waals surface area contributed by atoms with Crippen molar-refractivity contribution in [2.24, 2.45) is 5.41 Å². The molecule has 80 valence electrons. The highest BCUT2D eigenvalue weighted by atomic mass is 32.2. The number of hydrogen-bond donors (Lipinski definition) is 1. The Balaban J connectivity index is 4.49. The Bertz CT molecular complexity index is 239. The molecule has 1 unspecified atom stereocenters. The summed E-state index contributed by atoms with van der Waals surface area (Å²) in [5.74, 6) is 0.449. The van der Waals surface area contributed by atoms with E-state index in [9.17, 15) is 8.42 Å². The molecule has 0 aliphatic heterocycles. The lowest BCUT2D eigenvalue weighted by molar-refractivity contribution is 0.302. The van der Waals surface area contributed by atoms with Crippen molar-refractivity contribution in [3.63, 3.8) is 0 Å². The maximum absolute atomic E-state index is 11.4. The van der Waals surface area contributed by atoms with Crippen molar-refractivity contribution in [2.45, 2.75) is 33.7 Å². The average Bonchev–Trinajstić information content (AvgIpc) is 1.98. The Kier molecular flexibility index (Phi) is 4.39. The van der Waals surface area contributed by atoms with Gasteiger partial charge >= 0.3 is 0 Å². The lowest BCUT2D eigenvalue weighted by atomic mass is 9.88. The fourth-order valence-corrected chi connectivity index (χ4v) is 2.55. The topological polar surface area (TPSA) is 46.2 Å². The molecule has 0 rings (SSSR count). The van der Waals surface area contributed by atoms with Crippen LogP contribution in [0.1, 0.15) is 27.7 Å². The van der Waals surface area contributed by atoms with Crippen molar-refractivity contribution >= 4 is 9.84 Å². The second-order valence-corrected chi connectivity index (χ2v) is 6.80. The molecule has 13 heavy (non-hydrogen) atoms. The molecule has 0 aromatic rings. The van der Waals surface area contributed by atoms with Gasteiger partial charge in [0.05, 0.1) is 5.75 Å². The molecular weight excluding hydrogens is 186 g/mol. The second-order valence-electron chi connectivity index (χ2n) is 4.41. The molecule has 0 fully saturated rings. The van der Waals surface area contributed by atoms with Gasteiger partial charge in [0.25, 0.3) is 0 Å². The van der Waals surface area contributed by atoms with Gasteiger partial charge in [-0.3, -0.25) is 0 Å². The zero-order chi connectivity index (χ0) is 10.7. The molecule has 0 spiro atoms. The van der Waals surface area contributed by atoms with Crippen molar-refractivity contribution in [1.29, 1.82) is 0 Å². The van der Waals surface area contributed by atoms with E-state index < -0.39 is 9.84 Å². The molecule has 1 atom stereocenters. The van der Waals surface area contributed by atoms with Gasteiger partial charge in [-0.2, -0.15) is 0 Å². The lowest BCUT2D eigenvalue weighted by Gasteiger charge is -2.29. The first kappa shape index (κ1) is 12.9. The molecule has 0 bridgehead atoms. The third-order valence-electron chi connectivity index (χ3n) is 2.25. The van der Waals surface area contributed by atoms with Gasteiger partial charge in [0.1, 0.15) is 0 Å². The Morgan fingerprint density at radius 2 is 1.77 bits per heavy atom. The molecule has 0 aliphatic rings. The SMILES string of the molecule is CCS(=O)(=O)CC(NC)C(C)(C)C. The van der Waals surface area contributed by atoms with Crippen LogP contribution < -0.4 is 5.32 Å². The van der Waals surface area contributed by atoms with Crippen molar-refractivity contribution in [2.75, 3.05) is 18.6 Å². The van der Waals surface area contributed by atoms with Gasteiger partial charge < -0.3 is 5.32 Å².